The number of hydrogen-bond acceptors (Lipinski definition) is 2. The van der Waals surface area contributed by atoms with Gasteiger partial charge in [-0.25, -0.2) is 8.78 Å². The first-order valence-corrected chi connectivity index (χ1v) is 7.50. The summed E-state index contributed by atoms with van der Waals surface area (Å²) in [5.74, 6) is -1.84. The highest BCUT2D eigenvalue weighted by Gasteiger charge is 2.20. The molecule has 112 valence electrons. The van der Waals surface area contributed by atoms with Crippen LogP contribution in [0.1, 0.15) is 51.0 Å². The van der Waals surface area contributed by atoms with Crippen molar-refractivity contribution in [2.24, 2.45) is 5.92 Å². The predicted octanol–water partition coefficient (Wildman–Crippen LogP) is 4.12. The number of rotatable bonds is 5. The summed E-state index contributed by atoms with van der Waals surface area (Å²) in [7, 11) is 0. The number of phenolic OH excluding ortho intramolecular Hbond substituents is 1. The molecule has 0 heterocycles. The highest BCUT2D eigenvalue weighted by molar-refractivity contribution is 5.29. The summed E-state index contributed by atoms with van der Waals surface area (Å²) in [6.45, 7) is 2.66. The summed E-state index contributed by atoms with van der Waals surface area (Å²) in [4.78, 5) is 0. The zero-order valence-corrected chi connectivity index (χ0v) is 12.0. The van der Waals surface area contributed by atoms with Crippen LogP contribution in [0.3, 0.4) is 0 Å². The number of benzene rings is 1. The van der Waals surface area contributed by atoms with E-state index in [4.69, 9.17) is 5.11 Å². The zero-order valence-electron chi connectivity index (χ0n) is 12.0. The highest BCUT2D eigenvalue weighted by atomic mass is 19.1. The van der Waals surface area contributed by atoms with Crippen LogP contribution in [0.25, 0.3) is 0 Å². The van der Waals surface area contributed by atoms with Crippen molar-refractivity contribution >= 4 is 0 Å². The van der Waals surface area contributed by atoms with Crippen molar-refractivity contribution in [3.8, 4) is 5.75 Å². The van der Waals surface area contributed by atoms with Crippen molar-refractivity contribution in [3.05, 3.63) is 29.3 Å². The topological polar surface area (TPSA) is 32.3 Å². The van der Waals surface area contributed by atoms with E-state index in [-0.39, 0.29) is 0 Å². The molecule has 1 aliphatic carbocycles. The fourth-order valence-corrected chi connectivity index (χ4v) is 3.05. The minimum absolute atomic E-state index is 0.433. The molecule has 4 heteroatoms. The van der Waals surface area contributed by atoms with Crippen LogP contribution in [0.15, 0.2) is 12.1 Å². The lowest BCUT2D eigenvalue weighted by Crippen LogP contribution is -2.32. The van der Waals surface area contributed by atoms with Crippen LogP contribution >= 0.6 is 0 Å². The maximum absolute atomic E-state index is 13.2. The van der Waals surface area contributed by atoms with Crippen molar-refractivity contribution in [1.29, 1.82) is 0 Å². The van der Waals surface area contributed by atoms with Gasteiger partial charge in [0.1, 0.15) is 0 Å². The van der Waals surface area contributed by atoms with Gasteiger partial charge in [0.25, 0.3) is 0 Å². The van der Waals surface area contributed by atoms with Crippen LogP contribution in [-0.2, 0) is 6.54 Å². The Kier molecular flexibility index (Phi) is 5.35. The fourth-order valence-electron chi connectivity index (χ4n) is 3.05. The Morgan fingerprint density at radius 2 is 1.75 bits per heavy atom. The minimum Gasteiger partial charge on any atom is -0.503 e. The molecule has 0 amide bonds. The Balaban J connectivity index is 1.82. The molecule has 0 saturated heterocycles. The second-order valence-corrected chi connectivity index (χ2v) is 5.80. The van der Waals surface area contributed by atoms with Crippen molar-refractivity contribution in [2.45, 2.75) is 58.0 Å². The van der Waals surface area contributed by atoms with E-state index in [0.717, 1.165) is 18.8 Å². The largest absolute Gasteiger partial charge is 0.503 e. The third kappa shape index (κ3) is 3.92. The first-order valence-electron chi connectivity index (χ1n) is 7.50. The Morgan fingerprint density at radius 1 is 1.15 bits per heavy atom. The average molecular weight is 283 g/mol. The normalized spacial score (nSPS) is 22.9. The minimum atomic E-state index is -0.895. The SMILES string of the molecule is CCCC1CCC(NCc2cc(F)c(O)c(F)c2)CC1. The first kappa shape index (κ1) is 15.2. The monoisotopic (exact) mass is 283 g/mol. The number of nitrogens with one attached hydrogen (secondary N) is 1. The van der Waals surface area contributed by atoms with Crippen LogP contribution in [0.2, 0.25) is 0 Å². The second-order valence-electron chi connectivity index (χ2n) is 5.80. The zero-order chi connectivity index (χ0) is 14.5. The van der Waals surface area contributed by atoms with Crippen LogP contribution < -0.4 is 5.32 Å². The van der Waals surface area contributed by atoms with Crippen molar-refractivity contribution in [2.75, 3.05) is 0 Å². The van der Waals surface area contributed by atoms with Gasteiger partial charge in [0.15, 0.2) is 17.4 Å². The lowest BCUT2D eigenvalue weighted by Gasteiger charge is -2.29. The molecule has 2 N–H and O–H groups in total. The molecule has 2 rings (SSSR count). The van der Waals surface area contributed by atoms with Gasteiger partial charge in [-0.15, -0.1) is 0 Å². The van der Waals surface area contributed by atoms with E-state index in [1.165, 1.54) is 37.8 Å². The quantitative estimate of drug-likeness (QED) is 0.852. The van der Waals surface area contributed by atoms with Crippen LogP contribution in [0, 0.1) is 17.6 Å². The molecule has 0 atom stereocenters. The summed E-state index contributed by atoms with van der Waals surface area (Å²) in [6.07, 6.45) is 7.30. The van der Waals surface area contributed by atoms with E-state index in [0.29, 0.717) is 18.2 Å². The number of halogens is 2. The molecule has 0 unspecified atom stereocenters. The molecule has 1 fully saturated rings. The van der Waals surface area contributed by atoms with Gasteiger partial charge in [-0.1, -0.05) is 19.8 Å². The maximum Gasteiger partial charge on any atom is 0.187 e. The summed E-state index contributed by atoms with van der Waals surface area (Å²) in [6, 6.07) is 2.81. The summed E-state index contributed by atoms with van der Waals surface area (Å²) in [5, 5.41) is 12.4. The number of phenols is 1. The number of aromatic hydroxyl groups is 1. The Labute approximate surface area is 119 Å². The molecule has 1 saturated carbocycles. The predicted molar refractivity (Wildman–Crippen MR) is 75.5 cm³/mol. The molecule has 0 radical (unpaired) electrons. The molecule has 1 aliphatic rings. The average Bonchev–Trinajstić information content (AvgIpc) is 2.44. The van der Waals surface area contributed by atoms with E-state index < -0.39 is 17.4 Å². The summed E-state index contributed by atoms with van der Waals surface area (Å²) < 4.78 is 26.4. The van der Waals surface area contributed by atoms with E-state index in [9.17, 15) is 8.78 Å². The van der Waals surface area contributed by atoms with Crippen LogP contribution in [-0.4, -0.2) is 11.1 Å². The highest BCUT2D eigenvalue weighted by Crippen LogP contribution is 2.28. The first-order chi connectivity index (χ1) is 9.60. The lowest BCUT2D eigenvalue weighted by atomic mass is 9.83. The van der Waals surface area contributed by atoms with E-state index >= 15 is 0 Å². The molecule has 0 bridgehead atoms. The molecule has 0 spiro atoms. The van der Waals surface area contributed by atoms with Crippen molar-refractivity contribution < 1.29 is 13.9 Å². The lowest BCUT2D eigenvalue weighted by molar-refractivity contribution is 0.277. The third-order valence-electron chi connectivity index (χ3n) is 4.22. The molecular formula is C16H23F2NO. The molecular weight excluding hydrogens is 260 g/mol. The van der Waals surface area contributed by atoms with Crippen molar-refractivity contribution in [1.82, 2.24) is 5.32 Å². The number of hydrogen-bond donors (Lipinski definition) is 2. The van der Waals surface area contributed by atoms with Crippen LogP contribution in [0.4, 0.5) is 8.78 Å². The van der Waals surface area contributed by atoms with Gasteiger partial charge in [-0.3, -0.25) is 0 Å². The van der Waals surface area contributed by atoms with Gasteiger partial charge in [-0.2, -0.15) is 0 Å². The smallest absolute Gasteiger partial charge is 0.187 e. The standard InChI is InChI=1S/C16H23F2NO/c1-2-3-11-4-6-13(7-5-11)19-10-12-8-14(17)16(20)15(18)9-12/h8-9,11,13,19-20H,2-7,10H2,1H3. The van der Waals surface area contributed by atoms with Gasteiger partial charge < -0.3 is 10.4 Å². The molecule has 0 aliphatic heterocycles. The summed E-state index contributed by atoms with van der Waals surface area (Å²) >= 11 is 0. The summed E-state index contributed by atoms with van der Waals surface area (Å²) in [5.41, 5.74) is 0.536. The van der Waals surface area contributed by atoms with Gasteiger partial charge in [0.05, 0.1) is 0 Å². The molecule has 2 nitrogen and oxygen atoms in total. The Morgan fingerprint density at radius 3 is 2.30 bits per heavy atom. The Bertz CT molecular complexity index is 419. The molecule has 0 aromatic heterocycles. The van der Waals surface area contributed by atoms with Crippen LogP contribution in [0.5, 0.6) is 5.75 Å². The van der Waals surface area contributed by atoms with Gasteiger partial charge in [0.2, 0.25) is 0 Å². The molecule has 20 heavy (non-hydrogen) atoms. The second kappa shape index (κ2) is 7.02. The maximum atomic E-state index is 13.2. The van der Waals surface area contributed by atoms with Gasteiger partial charge in [0, 0.05) is 12.6 Å². The van der Waals surface area contributed by atoms with Crippen molar-refractivity contribution in [3.63, 3.8) is 0 Å². The fraction of sp³-hybridized carbons (Fsp3) is 0.625. The third-order valence-corrected chi connectivity index (χ3v) is 4.22. The Hall–Kier alpha value is -1.16. The van der Waals surface area contributed by atoms with Gasteiger partial charge in [-0.05, 0) is 49.3 Å². The molecule has 1 aromatic carbocycles. The molecule has 1 aromatic rings. The van der Waals surface area contributed by atoms with E-state index in [2.05, 4.69) is 12.2 Å². The van der Waals surface area contributed by atoms with E-state index in [1.807, 2.05) is 0 Å². The van der Waals surface area contributed by atoms with Gasteiger partial charge >= 0.3 is 0 Å². The van der Waals surface area contributed by atoms with E-state index in [1.54, 1.807) is 0 Å².